The van der Waals surface area contributed by atoms with E-state index in [0.29, 0.717) is 10.6 Å². The highest BCUT2D eigenvalue weighted by molar-refractivity contribution is 6.33. The van der Waals surface area contributed by atoms with Gasteiger partial charge in [-0.2, -0.15) is 18.3 Å². The van der Waals surface area contributed by atoms with Gasteiger partial charge in [-0.15, -0.1) is 0 Å². The first-order valence-electron chi connectivity index (χ1n) is 10.2. The van der Waals surface area contributed by atoms with Gasteiger partial charge in [0.25, 0.3) is 0 Å². The molecule has 1 amide bonds. The Morgan fingerprint density at radius 3 is 2.62 bits per heavy atom. The summed E-state index contributed by atoms with van der Waals surface area (Å²) in [5.41, 5.74) is 5.50. The molecule has 0 fully saturated rings. The highest BCUT2D eigenvalue weighted by Crippen LogP contribution is 2.41. The summed E-state index contributed by atoms with van der Waals surface area (Å²) >= 11 is 6.47. The third-order valence-corrected chi connectivity index (χ3v) is 5.75. The number of anilines is 1. The van der Waals surface area contributed by atoms with Crippen LogP contribution in [-0.4, -0.2) is 24.2 Å². The van der Waals surface area contributed by atoms with Gasteiger partial charge in [-0.1, -0.05) is 35.9 Å². The van der Waals surface area contributed by atoms with Crippen LogP contribution in [-0.2, 0) is 17.4 Å². The molecule has 1 heterocycles. The summed E-state index contributed by atoms with van der Waals surface area (Å²) in [6.45, 7) is 9.24. The van der Waals surface area contributed by atoms with Crippen LogP contribution in [0, 0.1) is 0 Å². The number of rotatable bonds is 5. The number of allylic oxidation sites excluding steroid dienone is 1. The molecule has 0 atom stereocenters. The zero-order chi connectivity index (χ0) is 23.7. The number of hydrazone groups is 1. The number of carbonyl (C=O) groups excluding carboxylic acids is 1. The number of fused-ring (bicyclic) bond motifs is 1. The van der Waals surface area contributed by atoms with Crippen LogP contribution in [0.4, 0.5) is 18.9 Å². The minimum atomic E-state index is -4.46. The van der Waals surface area contributed by atoms with Gasteiger partial charge in [0.05, 0.1) is 28.8 Å². The summed E-state index contributed by atoms with van der Waals surface area (Å²) in [5.74, 6) is -0.523. The standard InChI is InChI=1S/C24H25ClF3N3O/c1-5-31-21-12-20(25)17(11-19(21)15(2)13-23(31,3)4)14-29-30-22(32)10-16-7-6-8-18(9-16)24(26,27)28/h6-9,11-14H,5,10H2,1-4H3,(H,30,32)/b29-14+. The first-order chi connectivity index (χ1) is 14.9. The molecule has 1 aliphatic rings. The van der Waals surface area contributed by atoms with Crippen LogP contribution in [0.3, 0.4) is 0 Å². The fourth-order valence-electron chi connectivity index (χ4n) is 4.05. The van der Waals surface area contributed by atoms with Crippen molar-refractivity contribution in [1.82, 2.24) is 5.43 Å². The SMILES string of the molecule is CCN1c2cc(Cl)c(/C=N/NC(=O)Cc3cccc(C(F)(F)F)c3)cc2C(C)=CC1(C)C. The Balaban J connectivity index is 1.74. The summed E-state index contributed by atoms with van der Waals surface area (Å²) in [6.07, 6.45) is -1.04. The number of amides is 1. The van der Waals surface area contributed by atoms with Crippen molar-refractivity contribution in [1.29, 1.82) is 0 Å². The van der Waals surface area contributed by atoms with E-state index in [1.54, 1.807) is 0 Å². The van der Waals surface area contributed by atoms with Gasteiger partial charge in [-0.3, -0.25) is 4.79 Å². The van der Waals surface area contributed by atoms with E-state index in [2.05, 4.69) is 42.3 Å². The molecule has 170 valence electrons. The van der Waals surface area contributed by atoms with Crippen LogP contribution in [0.25, 0.3) is 5.57 Å². The van der Waals surface area contributed by atoms with Gasteiger partial charge in [0.1, 0.15) is 0 Å². The van der Waals surface area contributed by atoms with Crippen molar-refractivity contribution in [2.45, 2.75) is 45.8 Å². The molecular formula is C24H25ClF3N3O. The van der Waals surface area contributed by atoms with E-state index in [9.17, 15) is 18.0 Å². The molecule has 4 nitrogen and oxygen atoms in total. The van der Waals surface area contributed by atoms with Crippen LogP contribution in [0.15, 0.2) is 47.6 Å². The molecule has 2 aromatic rings. The zero-order valence-corrected chi connectivity index (χ0v) is 19.1. The summed E-state index contributed by atoms with van der Waals surface area (Å²) in [7, 11) is 0. The van der Waals surface area contributed by atoms with Crippen molar-refractivity contribution in [3.05, 3.63) is 69.8 Å². The minimum absolute atomic E-state index is 0.137. The summed E-state index contributed by atoms with van der Waals surface area (Å²) in [6, 6.07) is 8.48. The maximum atomic E-state index is 12.8. The Labute approximate surface area is 190 Å². The molecule has 8 heteroatoms. The molecule has 32 heavy (non-hydrogen) atoms. The van der Waals surface area contributed by atoms with E-state index in [0.717, 1.165) is 35.5 Å². The molecule has 0 unspecified atom stereocenters. The van der Waals surface area contributed by atoms with Crippen LogP contribution in [0.2, 0.25) is 5.02 Å². The maximum Gasteiger partial charge on any atom is 0.416 e. The largest absolute Gasteiger partial charge is 0.416 e. The van der Waals surface area contributed by atoms with E-state index in [-0.39, 0.29) is 17.5 Å². The van der Waals surface area contributed by atoms with E-state index in [1.165, 1.54) is 18.3 Å². The van der Waals surface area contributed by atoms with Crippen LogP contribution in [0.5, 0.6) is 0 Å². The third-order valence-electron chi connectivity index (χ3n) is 5.42. The Bertz CT molecular complexity index is 1090. The number of alkyl halides is 3. The lowest BCUT2D eigenvalue weighted by Crippen LogP contribution is -2.44. The second-order valence-corrected chi connectivity index (χ2v) is 8.69. The zero-order valence-electron chi connectivity index (χ0n) is 18.3. The van der Waals surface area contributed by atoms with E-state index < -0.39 is 17.6 Å². The lowest BCUT2D eigenvalue weighted by atomic mass is 9.88. The lowest BCUT2D eigenvalue weighted by Gasteiger charge is -2.43. The van der Waals surface area contributed by atoms with Gasteiger partial charge in [0.15, 0.2) is 0 Å². The van der Waals surface area contributed by atoms with Crippen molar-refractivity contribution in [3.63, 3.8) is 0 Å². The number of hydrogen-bond acceptors (Lipinski definition) is 3. The highest BCUT2D eigenvalue weighted by Gasteiger charge is 2.31. The maximum absolute atomic E-state index is 12.8. The summed E-state index contributed by atoms with van der Waals surface area (Å²) < 4.78 is 38.5. The van der Waals surface area contributed by atoms with Gasteiger partial charge < -0.3 is 4.90 Å². The van der Waals surface area contributed by atoms with Crippen LogP contribution >= 0.6 is 11.6 Å². The van der Waals surface area contributed by atoms with Gasteiger partial charge in [-0.25, -0.2) is 5.43 Å². The normalized spacial score (nSPS) is 15.5. The van der Waals surface area contributed by atoms with E-state index in [1.807, 2.05) is 19.1 Å². The molecule has 0 spiro atoms. The average molecular weight is 464 g/mol. The average Bonchev–Trinajstić information content (AvgIpc) is 2.68. The Hall–Kier alpha value is -2.80. The second kappa shape index (κ2) is 8.98. The molecule has 2 aromatic carbocycles. The topological polar surface area (TPSA) is 44.7 Å². The van der Waals surface area contributed by atoms with Crippen molar-refractivity contribution in [2.75, 3.05) is 11.4 Å². The van der Waals surface area contributed by atoms with Gasteiger partial charge in [-0.05, 0) is 57.0 Å². The van der Waals surface area contributed by atoms with Gasteiger partial charge >= 0.3 is 6.18 Å². The quantitative estimate of drug-likeness (QED) is 0.432. The molecule has 0 bridgehead atoms. The molecular weight excluding hydrogens is 439 g/mol. The molecule has 0 saturated carbocycles. The minimum Gasteiger partial charge on any atom is -0.363 e. The van der Waals surface area contributed by atoms with Gasteiger partial charge in [0.2, 0.25) is 5.91 Å². The molecule has 0 radical (unpaired) electrons. The summed E-state index contributed by atoms with van der Waals surface area (Å²) in [5, 5.41) is 4.44. The monoisotopic (exact) mass is 463 g/mol. The number of carbonyl (C=O) groups is 1. The lowest BCUT2D eigenvalue weighted by molar-refractivity contribution is -0.137. The second-order valence-electron chi connectivity index (χ2n) is 8.28. The van der Waals surface area contributed by atoms with Crippen molar-refractivity contribution < 1.29 is 18.0 Å². The first kappa shape index (κ1) is 23.9. The van der Waals surface area contributed by atoms with Crippen LogP contribution < -0.4 is 10.3 Å². The predicted octanol–water partition coefficient (Wildman–Crippen LogP) is 6.07. The fourth-order valence-corrected chi connectivity index (χ4v) is 4.25. The molecule has 3 rings (SSSR count). The highest BCUT2D eigenvalue weighted by atomic mass is 35.5. The first-order valence-corrected chi connectivity index (χ1v) is 10.6. The number of benzene rings is 2. The van der Waals surface area contributed by atoms with Crippen molar-refractivity contribution in [2.24, 2.45) is 5.10 Å². The number of halogens is 4. The molecule has 1 N–H and O–H groups in total. The molecule has 0 aromatic heterocycles. The van der Waals surface area contributed by atoms with E-state index in [4.69, 9.17) is 11.6 Å². The molecule has 0 aliphatic carbocycles. The van der Waals surface area contributed by atoms with Gasteiger partial charge in [0, 0.05) is 23.4 Å². The third kappa shape index (κ3) is 5.15. The van der Waals surface area contributed by atoms with E-state index >= 15 is 0 Å². The summed E-state index contributed by atoms with van der Waals surface area (Å²) in [4.78, 5) is 14.4. The van der Waals surface area contributed by atoms with Crippen molar-refractivity contribution in [3.8, 4) is 0 Å². The molecule has 0 saturated heterocycles. The fraction of sp³-hybridized carbons (Fsp3) is 0.333. The Morgan fingerprint density at radius 2 is 1.97 bits per heavy atom. The number of nitrogens with one attached hydrogen (secondary N) is 1. The Kier molecular flexibility index (Phi) is 6.69. The number of hydrogen-bond donors (Lipinski definition) is 1. The molecule has 1 aliphatic heterocycles. The van der Waals surface area contributed by atoms with Crippen LogP contribution in [0.1, 0.15) is 49.9 Å². The number of nitrogens with zero attached hydrogens (tertiary/aromatic N) is 2. The van der Waals surface area contributed by atoms with Crippen molar-refractivity contribution >= 4 is 35.0 Å². The smallest absolute Gasteiger partial charge is 0.363 e. The Morgan fingerprint density at radius 1 is 1.25 bits per heavy atom. The predicted molar refractivity (Wildman–Crippen MR) is 123 cm³/mol. The number of likely N-dealkylation sites (N-methyl/N-ethyl adjacent to an activating group) is 1.